The zero-order valence-corrected chi connectivity index (χ0v) is 70.2. The Bertz CT molecular complexity index is 4790. The van der Waals surface area contributed by atoms with Gasteiger partial charge in [0.1, 0.15) is 24.7 Å². The first-order chi connectivity index (χ1) is 57.8. The number of benzene rings is 6. The molecule has 3 fully saturated rings. The van der Waals surface area contributed by atoms with Crippen LogP contribution in [0.25, 0.3) is 67.0 Å². The summed E-state index contributed by atoms with van der Waals surface area (Å²) in [7, 11) is 5.28. The molecule has 120 heavy (non-hydrogen) atoms. The van der Waals surface area contributed by atoms with Crippen molar-refractivity contribution in [2.24, 2.45) is 0 Å². The Labute approximate surface area is 699 Å². The maximum absolute atomic E-state index is 12.9. The second-order valence-electron chi connectivity index (χ2n) is 30.2. The van der Waals surface area contributed by atoms with E-state index < -0.39 is 47.7 Å². The lowest BCUT2D eigenvalue weighted by atomic mass is 9.92. The Morgan fingerprint density at radius 3 is 1.00 bits per heavy atom. The van der Waals surface area contributed by atoms with Crippen molar-refractivity contribution in [3.63, 3.8) is 0 Å². The van der Waals surface area contributed by atoms with Crippen LogP contribution in [-0.2, 0) is 57.5 Å². The first-order valence-corrected chi connectivity index (χ1v) is 41.9. The Hall–Kier alpha value is -11.7. The molecule has 29 heteroatoms. The average molecular weight is 1650 g/mol. The monoisotopic (exact) mass is 1650 g/mol. The molecule has 0 bridgehead atoms. The SMILES string of the molecule is C=c1c2cccc3cccc(c(=O)n1C1CCC(=O)NC1=O)c32.C=c1c2cccc3cccc(c(=O)n1C1CCC(=O)NC1=O)c32.CNCC(=O)NCCCCCCCCNC(C)=O.CNCCCCCCCCNC(C)=O.COCC(=O)NCCCCCCCCCNC(C)=O.O=C1CCC(N2C(=O)c3cccc4cccc(c34)C2=O)C(=O)N1. The number of imide groups is 4. The molecule has 0 aliphatic carbocycles. The summed E-state index contributed by atoms with van der Waals surface area (Å²) in [6.07, 6.45) is 23.8. The van der Waals surface area contributed by atoms with Gasteiger partial charge in [-0.15, -0.1) is 0 Å². The predicted octanol–water partition coefficient (Wildman–Crippen LogP) is 7.86. The molecule has 644 valence electrons. The van der Waals surface area contributed by atoms with E-state index in [4.69, 9.17) is 4.74 Å². The van der Waals surface area contributed by atoms with E-state index in [0.717, 1.165) is 133 Å². The summed E-state index contributed by atoms with van der Waals surface area (Å²) < 4.78 is 7.58. The largest absolute Gasteiger partial charge is 0.375 e. The van der Waals surface area contributed by atoms with Crippen LogP contribution >= 0.6 is 0 Å². The third-order valence-corrected chi connectivity index (χ3v) is 21.0. The molecule has 6 aromatic carbocycles. The summed E-state index contributed by atoms with van der Waals surface area (Å²) in [5.41, 5.74) is 0.326. The lowest BCUT2D eigenvalue weighted by Crippen LogP contribution is -2.57. The number of nitrogens with one attached hydrogen (secondary N) is 10. The topological polar surface area (TPSA) is 399 Å². The van der Waals surface area contributed by atoms with Crippen molar-refractivity contribution in [1.29, 1.82) is 0 Å². The molecule has 13 amide bonds. The lowest BCUT2D eigenvalue weighted by Gasteiger charge is -2.34. The number of likely N-dealkylation sites (N-methyl/N-ethyl adjacent to an activating group) is 1. The van der Waals surface area contributed by atoms with E-state index in [0.29, 0.717) is 57.4 Å². The molecule has 6 heterocycles. The molecular formula is C91H119N13O16. The number of carbonyl (C=O) groups is 13. The summed E-state index contributed by atoms with van der Waals surface area (Å²) in [6.45, 7) is 18.3. The van der Waals surface area contributed by atoms with Crippen LogP contribution in [0.3, 0.4) is 0 Å². The van der Waals surface area contributed by atoms with Gasteiger partial charge in [0, 0.05) is 139 Å². The molecular weight excluding hydrogens is 1530 g/mol. The Kier molecular flexibility index (Phi) is 40.0. The zero-order chi connectivity index (χ0) is 87.0. The molecule has 8 aromatic rings. The van der Waals surface area contributed by atoms with Crippen molar-refractivity contribution in [3.8, 4) is 0 Å². The second kappa shape index (κ2) is 50.3. The van der Waals surface area contributed by atoms with Crippen molar-refractivity contribution < 1.29 is 67.1 Å². The first-order valence-electron chi connectivity index (χ1n) is 41.9. The van der Waals surface area contributed by atoms with Gasteiger partial charge in [0.05, 0.1) is 6.54 Å². The number of hydrogen-bond donors (Lipinski definition) is 10. The van der Waals surface area contributed by atoms with E-state index in [2.05, 4.69) is 66.3 Å². The van der Waals surface area contributed by atoms with Gasteiger partial charge < -0.3 is 42.0 Å². The standard InChI is InChI=1S/2C18H14N2O3.C17H12N2O4.C14H28N2O3.C13H27N3O2.C11H24N2O/c2*1-10-12-6-2-4-11-5-3-7-13(16(11)12)18(23)20(10)14-8-9-15(21)19-17(14)22;20-13-8-7-12(15(21)18-13)19-16(22)10-5-1-3-9-4-2-6-11(14(9)10)17(19)23;1-13(17)15-10-8-6-4-3-5-7-9-11-16-14(18)12-19-2;1-12(17)15-9-7-5-3-4-6-8-10-16-13(18)11-14-2;1-11(14)13-10-8-6-4-3-5-7-9-12-2/h2*2-7,14H,1,8-9H2,(H,19,21,22);1-6,12H,7-8H2,(H,18,20,21);3-12H2,1-2H3,(H,15,17)(H,16,18);14H,3-11H2,1-2H3,(H,15,17)(H,16,18);12H,3-10H2,1-2H3,(H,13,14). The second-order valence-corrected chi connectivity index (χ2v) is 30.2. The van der Waals surface area contributed by atoms with Crippen LogP contribution in [0.1, 0.15) is 214 Å². The summed E-state index contributed by atoms with van der Waals surface area (Å²) >= 11 is 0. The third kappa shape index (κ3) is 28.5. The van der Waals surface area contributed by atoms with Crippen LogP contribution in [0.4, 0.5) is 0 Å². The lowest BCUT2D eigenvalue weighted by molar-refractivity contribution is -0.137. The van der Waals surface area contributed by atoms with Crippen LogP contribution < -0.4 is 75.0 Å². The molecule has 3 saturated heterocycles. The highest BCUT2D eigenvalue weighted by molar-refractivity contribution is 6.27. The molecule has 0 saturated carbocycles. The summed E-state index contributed by atoms with van der Waals surface area (Å²) in [6, 6.07) is 30.7. The summed E-state index contributed by atoms with van der Waals surface area (Å²) in [4.78, 5) is 177. The van der Waals surface area contributed by atoms with E-state index in [1.54, 1.807) is 64.2 Å². The van der Waals surface area contributed by atoms with E-state index in [9.17, 15) is 71.9 Å². The van der Waals surface area contributed by atoms with Gasteiger partial charge in [0.15, 0.2) is 0 Å². The molecule has 3 unspecified atom stereocenters. The number of carbonyl (C=O) groups excluding carboxylic acids is 13. The Morgan fingerprint density at radius 2 is 0.675 bits per heavy atom. The van der Waals surface area contributed by atoms with Crippen LogP contribution in [0.2, 0.25) is 0 Å². The highest BCUT2D eigenvalue weighted by atomic mass is 16.5. The van der Waals surface area contributed by atoms with Crippen molar-refractivity contribution in [1.82, 2.24) is 67.2 Å². The molecule has 12 rings (SSSR count). The van der Waals surface area contributed by atoms with Gasteiger partial charge in [-0.2, -0.15) is 0 Å². The van der Waals surface area contributed by atoms with Crippen molar-refractivity contribution in [2.45, 2.75) is 199 Å². The number of methoxy groups -OCH3 is 1. The van der Waals surface area contributed by atoms with Crippen molar-refractivity contribution >= 4 is 144 Å². The van der Waals surface area contributed by atoms with Gasteiger partial charge >= 0.3 is 0 Å². The fraction of sp³-hybridized carbons (Fsp3) is 0.462. The number of hydrogen-bond acceptors (Lipinski definition) is 18. The normalized spacial score (nSPS) is 15.4. The minimum atomic E-state index is -0.948. The zero-order valence-electron chi connectivity index (χ0n) is 70.2. The first kappa shape index (κ1) is 95.5. The number of unbranched alkanes of at least 4 members (excludes halogenated alkanes) is 16. The minimum Gasteiger partial charge on any atom is -0.375 e. The van der Waals surface area contributed by atoms with Gasteiger partial charge in [-0.25, -0.2) is 0 Å². The minimum absolute atomic E-state index is 0.0412. The molecule has 4 aliphatic heterocycles. The molecule has 2 aromatic heterocycles. The van der Waals surface area contributed by atoms with Gasteiger partial charge in [-0.1, -0.05) is 182 Å². The molecule has 0 radical (unpaired) electrons. The van der Waals surface area contributed by atoms with Gasteiger partial charge in [-0.3, -0.25) is 102 Å². The molecule has 10 N–H and O–H groups in total. The number of pyridine rings is 2. The van der Waals surface area contributed by atoms with Crippen LogP contribution in [-0.4, -0.2) is 170 Å². The molecule has 4 aliphatic rings. The van der Waals surface area contributed by atoms with Gasteiger partial charge in [0.25, 0.3) is 22.9 Å². The van der Waals surface area contributed by atoms with Crippen LogP contribution in [0.15, 0.2) is 119 Å². The van der Waals surface area contributed by atoms with Crippen molar-refractivity contribution in [2.75, 3.05) is 73.6 Å². The maximum Gasteiger partial charge on any atom is 0.262 e. The predicted molar refractivity (Wildman–Crippen MR) is 466 cm³/mol. The quantitative estimate of drug-likeness (QED) is 0.0133. The Balaban J connectivity index is 0.000000200. The van der Waals surface area contributed by atoms with Crippen molar-refractivity contribution in [3.05, 3.63) is 152 Å². The molecule has 29 nitrogen and oxygen atoms in total. The fourth-order valence-corrected chi connectivity index (χ4v) is 14.9. The number of ether oxygens (including phenoxy) is 1. The maximum atomic E-state index is 12.9. The molecule has 3 atom stereocenters. The van der Waals surface area contributed by atoms with E-state index in [1.165, 1.54) is 86.9 Å². The number of rotatable bonds is 35. The van der Waals surface area contributed by atoms with E-state index >= 15 is 0 Å². The number of nitrogens with zero attached hydrogens (tertiary/aromatic N) is 3. The Morgan fingerprint density at radius 1 is 0.375 bits per heavy atom. The van der Waals surface area contributed by atoms with E-state index in [-0.39, 0.29) is 90.7 Å². The number of amides is 13. The smallest absolute Gasteiger partial charge is 0.262 e. The summed E-state index contributed by atoms with van der Waals surface area (Å²) in [5, 5.41) is 35.8. The highest BCUT2D eigenvalue weighted by Gasteiger charge is 2.43. The highest BCUT2D eigenvalue weighted by Crippen LogP contribution is 2.33. The van der Waals surface area contributed by atoms with Gasteiger partial charge in [0.2, 0.25) is 65.0 Å². The van der Waals surface area contributed by atoms with Gasteiger partial charge in [-0.05, 0) is 119 Å². The fourth-order valence-electron chi connectivity index (χ4n) is 14.9. The summed E-state index contributed by atoms with van der Waals surface area (Å²) in [5.74, 6) is -3.25. The molecule has 0 spiro atoms. The number of aromatic nitrogens is 2. The third-order valence-electron chi connectivity index (χ3n) is 21.0. The average Bonchev–Trinajstić information content (AvgIpc) is 0.752. The van der Waals surface area contributed by atoms with Crippen LogP contribution in [0, 0.1) is 0 Å². The van der Waals surface area contributed by atoms with E-state index in [1.807, 2.05) is 79.8 Å². The van der Waals surface area contributed by atoms with Crippen LogP contribution in [0.5, 0.6) is 0 Å². The number of piperidine rings is 3.